The quantitative estimate of drug-likeness (QED) is 0.839. The van der Waals surface area contributed by atoms with Crippen LogP contribution in [0.5, 0.6) is 11.5 Å². The highest BCUT2D eigenvalue weighted by Gasteiger charge is 2.35. The number of halogens is 1. The summed E-state index contributed by atoms with van der Waals surface area (Å²) in [7, 11) is 1.69. The molecule has 0 aromatic heterocycles. The highest BCUT2D eigenvalue weighted by atomic mass is 79.9. The minimum absolute atomic E-state index is 0.118. The first-order valence-electron chi connectivity index (χ1n) is 7.89. The molecule has 2 aliphatic carbocycles. The van der Waals surface area contributed by atoms with E-state index in [0.29, 0.717) is 6.54 Å². The standard InChI is InChI=1S/C17H24BrNO2/c1-20-16-14(18)8-13(17(11-19)6-2-3-7-17)9-15(16)21-10-12-4-5-12/h8-9,12H,2-7,10-11,19H2,1H3. The summed E-state index contributed by atoms with van der Waals surface area (Å²) in [5.41, 5.74) is 7.53. The Morgan fingerprint density at radius 2 is 2.00 bits per heavy atom. The first-order chi connectivity index (χ1) is 10.2. The molecule has 1 aromatic rings. The van der Waals surface area contributed by atoms with Crippen molar-refractivity contribution in [3.8, 4) is 11.5 Å². The van der Waals surface area contributed by atoms with E-state index in [9.17, 15) is 0 Å². The summed E-state index contributed by atoms with van der Waals surface area (Å²) in [6.45, 7) is 1.50. The van der Waals surface area contributed by atoms with Gasteiger partial charge in [-0.15, -0.1) is 0 Å². The first kappa shape index (κ1) is 15.2. The molecule has 0 bridgehead atoms. The van der Waals surface area contributed by atoms with Gasteiger partial charge in [0.15, 0.2) is 11.5 Å². The van der Waals surface area contributed by atoms with Gasteiger partial charge in [-0.2, -0.15) is 0 Å². The van der Waals surface area contributed by atoms with Gasteiger partial charge in [0.2, 0.25) is 0 Å². The molecule has 0 atom stereocenters. The molecule has 21 heavy (non-hydrogen) atoms. The average Bonchev–Trinajstić information content (AvgIpc) is 3.19. The van der Waals surface area contributed by atoms with Crippen LogP contribution in [0.25, 0.3) is 0 Å². The third-order valence-corrected chi connectivity index (χ3v) is 5.54. The van der Waals surface area contributed by atoms with Crippen LogP contribution in [-0.2, 0) is 5.41 Å². The molecule has 2 N–H and O–H groups in total. The fraction of sp³-hybridized carbons (Fsp3) is 0.647. The molecule has 4 heteroatoms. The summed E-state index contributed by atoms with van der Waals surface area (Å²) < 4.78 is 12.5. The zero-order valence-electron chi connectivity index (χ0n) is 12.7. The van der Waals surface area contributed by atoms with Crippen molar-refractivity contribution in [1.82, 2.24) is 0 Å². The Balaban J connectivity index is 1.92. The molecular weight excluding hydrogens is 330 g/mol. The van der Waals surface area contributed by atoms with E-state index in [4.69, 9.17) is 15.2 Å². The van der Waals surface area contributed by atoms with Crippen LogP contribution in [0.1, 0.15) is 44.1 Å². The number of ether oxygens (including phenoxy) is 2. The molecule has 2 saturated carbocycles. The smallest absolute Gasteiger partial charge is 0.174 e. The van der Waals surface area contributed by atoms with E-state index in [1.165, 1.54) is 44.1 Å². The minimum atomic E-state index is 0.118. The first-order valence-corrected chi connectivity index (χ1v) is 8.69. The van der Waals surface area contributed by atoms with E-state index >= 15 is 0 Å². The Kier molecular flexibility index (Phi) is 4.46. The third-order valence-electron chi connectivity index (χ3n) is 4.95. The maximum absolute atomic E-state index is 6.12. The molecule has 3 rings (SSSR count). The van der Waals surface area contributed by atoms with Gasteiger partial charge in [-0.05, 0) is 65.2 Å². The molecular formula is C17H24BrNO2. The summed E-state index contributed by atoms with van der Waals surface area (Å²) in [5.74, 6) is 2.38. The van der Waals surface area contributed by atoms with Crippen LogP contribution in [0.4, 0.5) is 0 Å². The fourth-order valence-electron chi connectivity index (χ4n) is 3.33. The van der Waals surface area contributed by atoms with E-state index in [-0.39, 0.29) is 5.41 Å². The van der Waals surface area contributed by atoms with Crippen LogP contribution >= 0.6 is 15.9 Å². The molecule has 0 amide bonds. The zero-order valence-corrected chi connectivity index (χ0v) is 14.2. The predicted molar refractivity (Wildman–Crippen MR) is 88.1 cm³/mol. The van der Waals surface area contributed by atoms with E-state index < -0.39 is 0 Å². The van der Waals surface area contributed by atoms with Gasteiger partial charge in [-0.25, -0.2) is 0 Å². The number of hydrogen-bond donors (Lipinski definition) is 1. The average molecular weight is 354 g/mol. The van der Waals surface area contributed by atoms with Crippen LogP contribution in [0.3, 0.4) is 0 Å². The van der Waals surface area contributed by atoms with Gasteiger partial charge >= 0.3 is 0 Å². The molecule has 116 valence electrons. The van der Waals surface area contributed by atoms with E-state index in [0.717, 1.165) is 28.5 Å². The maximum Gasteiger partial charge on any atom is 0.174 e. The summed E-state index contributed by atoms with van der Waals surface area (Å²) in [5, 5.41) is 0. The molecule has 0 saturated heterocycles. The van der Waals surface area contributed by atoms with Crippen molar-refractivity contribution in [3.05, 3.63) is 22.2 Å². The monoisotopic (exact) mass is 353 g/mol. The number of benzene rings is 1. The Labute approximate surface area is 135 Å². The van der Waals surface area contributed by atoms with Crippen molar-refractivity contribution < 1.29 is 9.47 Å². The normalized spacial score (nSPS) is 20.5. The molecule has 0 unspecified atom stereocenters. The van der Waals surface area contributed by atoms with Gasteiger partial charge in [0, 0.05) is 12.0 Å². The van der Waals surface area contributed by atoms with Crippen molar-refractivity contribution in [3.63, 3.8) is 0 Å². The molecule has 0 heterocycles. The van der Waals surface area contributed by atoms with Gasteiger partial charge in [-0.1, -0.05) is 12.8 Å². The Morgan fingerprint density at radius 3 is 2.57 bits per heavy atom. The molecule has 3 nitrogen and oxygen atoms in total. The lowest BCUT2D eigenvalue weighted by molar-refractivity contribution is 0.278. The molecule has 1 aromatic carbocycles. The highest BCUT2D eigenvalue weighted by Crippen LogP contribution is 2.46. The summed E-state index contributed by atoms with van der Waals surface area (Å²) in [6.07, 6.45) is 7.44. The number of methoxy groups -OCH3 is 1. The second-order valence-corrected chi connectivity index (χ2v) is 7.29. The zero-order chi connectivity index (χ0) is 14.9. The van der Waals surface area contributed by atoms with Crippen LogP contribution < -0.4 is 15.2 Å². The van der Waals surface area contributed by atoms with Gasteiger partial charge in [0.05, 0.1) is 18.2 Å². The van der Waals surface area contributed by atoms with Gasteiger partial charge < -0.3 is 15.2 Å². The van der Waals surface area contributed by atoms with Gasteiger partial charge in [-0.3, -0.25) is 0 Å². The summed E-state index contributed by atoms with van der Waals surface area (Å²) >= 11 is 3.64. The van der Waals surface area contributed by atoms with Crippen LogP contribution in [0.2, 0.25) is 0 Å². The summed E-state index contributed by atoms with van der Waals surface area (Å²) in [4.78, 5) is 0. The lowest BCUT2D eigenvalue weighted by atomic mass is 9.79. The molecule has 2 aliphatic rings. The van der Waals surface area contributed by atoms with Crippen molar-refractivity contribution in [2.45, 2.75) is 43.9 Å². The number of rotatable bonds is 6. The molecule has 2 fully saturated rings. The van der Waals surface area contributed by atoms with Crippen molar-refractivity contribution in [2.24, 2.45) is 11.7 Å². The van der Waals surface area contributed by atoms with Crippen molar-refractivity contribution >= 4 is 15.9 Å². The maximum atomic E-state index is 6.12. The summed E-state index contributed by atoms with van der Waals surface area (Å²) in [6, 6.07) is 4.32. The van der Waals surface area contributed by atoms with E-state index in [1.807, 2.05) is 0 Å². The Bertz CT molecular complexity index is 508. The SMILES string of the molecule is COc1c(Br)cc(C2(CN)CCCC2)cc1OCC1CC1. The van der Waals surface area contributed by atoms with Gasteiger partial charge in [0.25, 0.3) is 0 Å². The van der Waals surface area contributed by atoms with Crippen molar-refractivity contribution in [2.75, 3.05) is 20.3 Å². The third kappa shape index (κ3) is 3.07. The highest BCUT2D eigenvalue weighted by molar-refractivity contribution is 9.10. The van der Waals surface area contributed by atoms with E-state index in [2.05, 4.69) is 28.1 Å². The second kappa shape index (κ2) is 6.17. The Hall–Kier alpha value is -0.740. The molecule has 0 radical (unpaired) electrons. The lowest BCUT2D eigenvalue weighted by Gasteiger charge is -2.29. The van der Waals surface area contributed by atoms with Crippen LogP contribution in [0, 0.1) is 5.92 Å². The fourth-order valence-corrected chi connectivity index (χ4v) is 3.94. The van der Waals surface area contributed by atoms with Crippen LogP contribution in [0.15, 0.2) is 16.6 Å². The van der Waals surface area contributed by atoms with Crippen molar-refractivity contribution in [1.29, 1.82) is 0 Å². The van der Waals surface area contributed by atoms with E-state index in [1.54, 1.807) is 7.11 Å². The number of hydrogen-bond acceptors (Lipinski definition) is 3. The van der Waals surface area contributed by atoms with Gasteiger partial charge in [0.1, 0.15) is 0 Å². The largest absolute Gasteiger partial charge is 0.492 e. The predicted octanol–water partition coefficient (Wildman–Crippen LogP) is 4.02. The molecule has 0 spiro atoms. The molecule has 0 aliphatic heterocycles. The Morgan fingerprint density at radius 1 is 1.29 bits per heavy atom. The van der Waals surface area contributed by atoms with Crippen LogP contribution in [-0.4, -0.2) is 20.3 Å². The topological polar surface area (TPSA) is 44.5 Å². The minimum Gasteiger partial charge on any atom is -0.492 e. The second-order valence-electron chi connectivity index (χ2n) is 6.44. The number of nitrogens with two attached hydrogens (primary N) is 1. The lowest BCUT2D eigenvalue weighted by Crippen LogP contribution is -2.32.